The van der Waals surface area contributed by atoms with Crippen LogP contribution in [0.1, 0.15) is 24.5 Å². The summed E-state index contributed by atoms with van der Waals surface area (Å²) in [6, 6.07) is 19.0. The number of rotatable bonds is 11. The average Bonchev–Trinajstić information content (AvgIpc) is 2.92. The van der Waals surface area contributed by atoms with E-state index in [1.54, 1.807) is 25.1 Å². The van der Waals surface area contributed by atoms with Crippen LogP contribution in [0.15, 0.2) is 77.7 Å². The molecule has 1 unspecified atom stereocenters. The van der Waals surface area contributed by atoms with Crippen molar-refractivity contribution in [3.8, 4) is 5.75 Å². The van der Waals surface area contributed by atoms with Crippen LogP contribution in [-0.2, 0) is 26.2 Å². The maximum Gasteiger partial charge on any atom is 0.264 e. The molecule has 0 aliphatic rings. The van der Waals surface area contributed by atoms with Gasteiger partial charge in [0.05, 0.1) is 17.7 Å². The lowest BCUT2D eigenvalue weighted by atomic mass is 10.1. The van der Waals surface area contributed by atoms with Gasteiger partial charge >= 0.3 is 0 Å². The van der Waals surface area contributed by atoms with Crippen LogP contribution in [0.25, 0.3) is 0 Å². The number of anilines is 1. The van der Waals surface area contributed by atoms with Gasteiger partial charge in [0.2, 0.25) is 11.8 Å². The first-order valence-corrected chi connectivity index (χ1v) is 13.9. The Hall–Kier alpha value is -3.56. The number of nitrogens with one attached hydrogen (secondary N) is 1. The minimum absolute atomic E-state index is 0.0186. The summed E-state index contributed by atoms with van der Waals surface area (Å²) in [7, 11) is -1.20. The summed E-state index contributed by atoms with van der Waals surface area (Å²) < 4.78 is 33.8. The second-order valence-electron chi connectivity index (χ2n) is 8.65. The second kappa shape index (κ2) is 12.8. The van der Waals surface area contributed by atoms with Gasteiger partial charge in [0.25, 0.3) is 10.0 Å². The van der Waals surface area contributed by atoms with Gasteiger partial charge < -0.3 is 15.0 Å². The van der Waals surface area contributed by atoms with E-state index in [4.69, 9.17) is 16.3 Å². The molecule has 0 radical (unpaired) electrons. The summed E-state index contributed by atoms with van der Waals surface area (Å²) in [5.74, 6) is -0.363. The molecule has 0 saturated heterocycles. The molecule has 1 atom stereocenters. The third-order valence-corrected chi connectivity index (χ3v) is 8.28. The second-order valence-corrected chi connectivity index (χ2v) is 11.0. The van der Waals surface area contributed by atoms with Gasteiger partial charge in [-0.1, -0.05) is 48.9 Å². The van der Waals surface area contributed by atoms with E-state index in [-0.39, 0.29) is 23.0 Å². The Morgan fingerprint density at radius 3 is 2.29 bits per heavy atom. The maximum absolute atomic E-state index is 13.9. The molecular weight excluding hydrogens is 526 g/mol. The van der Waals surface area contributed by atoms with Gasteiger partial charge in [0.1, 0.15) is 18.3 Å². The molecule has 10 heteroatoms. The number of nitrogens with zero attached hydrogens (tertiary/aromatic N) is 2. The zero-order chi connectivity index (χ0) is 27.9. The first-order chi connectivity index (χ1) is 18.1. The highest BCUT2D eigenvalue weighted by molar-refractivity contribution is 7.92. The molecule has 3 rings (SSSR count). The van der Waals surface area contributed by atoms with E-state index < -0.39 is 28.5 Å². The zero-order valence-corrected chi connectivity index (χ0v) is 23.4. The molecule has 0 spiro atoms. The first-order valence-electron chi connectivity index (χ1n) is 12.1. The van der Waals surface area contributed by atoms with Crippen LogP contribution in [-0.4, -0.2) is 51.9 Å². The zero-order valence-electron chi connectivity index (χ0n) is 21.8. The number of hydrogen-bond acceptors (Lipinski definition) is 5. The van der Waals surface area contributed by atoms with Crippen molar-refractivity contribution in [3.05, 3.63) is 88.9 Å². The highest BCUT2D eigenvalue weighted by Gasteiger charge is 2.33. The van der Waals surface area contributed by atoms with Crippen molar-refractivity contribution in [3.63, 3.8) is 0 Å². The Balaban J connectivity index is 2.07. The molecule has 0 saturated carbocycles. The molecule has 1 N–H and O–H groups in total. The standard InChI is InChI=1S/C28H32ClN3O5S/c1-5-26(28(34)30-3)31(18-21-10-7-6-9-20(21)2)27(33)19-32(23-12-8-11-22(29)17-23)38(35,36)25-15-13-24(37-4)14-16-25/h6-17,26H,5,18-19H2,1-4H3,(H,30,34). The summed E-state index contributed by atoms with van der Waals surface area (Å²) in [6.45, 7) is 3.34. The Morgan fingerprint density at radius 2 is 1.71 bits per heavy atom. The lowest BCUT2D eigenvalue weighted by Gasteiger charge is -2.33. The molecule has 2 amide bonds. The van der Waals surface area contributed by atoms with Gasteiger partial charge in [-0.25, -0.2) is 8.42 Å². The third-order valence-electron chi connectivity index (χ3n) is 6.26. The molecule has 3 aromatic rings. The van der Waals surface area contributed by atoms with Crippen LogP contribution in [0.4, 0.5) is 5.69 Å². The lowest BCUT2D eigenvalue weighted by Crippen LogP contribution is -2.51. The van der Waals surface area contributed by atoms with E-state index in [0.717, 1.165) is 15.4 Å². The SMILES string of the molecule is CCC(C(=O)NC)N(Cc1ccccc1C)C(=O)CN(c1cccc(Cl)c1)S(=O)(=O)c1ccc(OC)cc1. The number of carbonyl (C=O) groups excluding carboxylic acids is 2. The van der Waals surface area contributed by atoms with Gasteiger partial charge in [0, 0.05) is 18.6 Å². The number of sulfonamides is 1. The summed E-state index contributed by atoms with van der Waals surface area (Å²) in [5.41, 5.74) is 2.04. The number of amides is 2. The molecule has 3 aromatic carbocycles. The third kappa shape index (κ3) is 6.65. The number of methoxy groups -OCH3 is 1. The van der Waals surface area contributed by atoms with E-state index >= 15 is 0 Å². The number of benzene rings is 3. The molecule has 0 fully saturated rings. The normalized spacial score (nSPS) is 11.9. The van der Waals surface area contributed by atoms with Gasteiger partial charge in [-0.2, -0.15) is 0 Å². The minimum Gasteiger partial charge on any atom is -0.497 e. The van der Waals surface area contributed by atoms with E-state index in [0.29, 0.717) is 17.2 Å². The van der Waals surface area contributed by atoms with Crippen LogP contribution in [0.3, 0.4) is 0 Å². The number of carbonyl (C=O) groups is 2. The van der Waals surface area contributed by atoms with Gasteiger partial charge in [-0.3, -0.25) is 13.9 Å². The van der Waals surface area contributed by atoms with Crippen LogP contribution in [0.5, 0.6) is 5.75 Å². The average molecular weight is 558 g/mol. The molecule has 8 nitrogen and oxygen atoms in total. The summed E-state index contributed by atoms with van der Waals surface area (Å²) in [6.07, 6.45) is 0.347. The van der Waals surface area contributed by atoms with Crippen molar-refractivity contribution < 1.29 is 22.7 Å². The lowest BCUT2D eigenvalue weighted by molar-refractivity contribution is -0.140. The van der Waals surface area contributed by atoms with E-state index in [9.17, 15) is 18.0 Å². The molecule has 0 bridgehead atoms. The van der Waals surface area contributed by atoms with E-state index in [1.807, 2.05) is 31.2 Å². The van der Waals surface area contributed by atoms with Crippen molar-refractivity contribution in [1.82, 2.24) is 10.2 Å². The fourth-order valence-corrected chi connectivity index (χ4v) is 5.68. The Bertz CT molecular complexity index is 1380. The number of halogens is 1. The molecule has 38 heavy (non-hydrogen) atoms. The van der Waals surface area contributed by atoms with Crippen molar-refractivity contribution >= 4 is 39.1 Å². The summed E-state index contributed by atoms with van der Waals surface area (Å²) in [4.78, 5) is 28.1. The van der Waals surface area contributed by atoms with Crippen LogP contribution < -0.4 is 14.4 Å². The maximum atomic E-state index is 13.9. The largest absolute Gasteiger partial charge is 0.497 e. The topological polar surface area (TPSA) is 96.0 Å². The number of likely N-dealkylation sites (N-methyl/N-ethyl adjacent to an activating group) is 1. The molecule has 0 aliphatic heterocycles. The smallest absolute Gasteiger partial charge is 0.264 e. The van der Waals surface area contributed by atoms with Crippen molar-refractivity contribution in [2.75, 3.05) is 25.0 Å². The van der Waals surface area contributed by atoms with Crippen molar-refractivity contribution in [1.29, 1.82) is 0 Å². The fourth-order valence-electron chi connectivity index (χ4n) is 4.09. The number of aryl methyl sites for hydroxylation is 1. The van der Waals surface area contributed by atoms with Crippen LogP contribution >= 0.6 is 11.6 Å². The van der Waals surface area contributed by atoms with Crippen LogP contribution in [0, 0.1) is 6.92 Å². The van der Waals surface area contributed by atoms with E-state index in [1.165, 1.54) is 49.4 Å². The van der Waals surface area contributed by atoms with Gasteiger partial charge in [0.15, 0.2) is 0 Å². The van der Waals surface area contributed by atoms with Crippen molar-refractivity contribution in [2.24, 2.45) is 0 Å². The van der Waals surface area contributed by atoms with Gasteiger partial charge in [-0.15, -0.1) is 0 Å². The van der Waals surface area contributed by atoms with Crippen LogP contribution in [0.2, 0.25) is 5.02 Å². The molecule has 0 aliphatic carbocycles. The minimum atomic E-state index is -4.19. The number of hydrogen-bond donors (Lipinski definition) is 1. The summed E-state index contributed by atoms with van der Waals surface area (Å²) >= 11 is 6.20. The number of ether oxygens (including phenoxy) is 1. The predicted octanol–water partition coefficient (Wildman–Crippen LogP) is 4.41. The predicted molar refractivity (Wildman–Crippen MR) is 149 cm³/mol. The molecule has 0 heterocycles. The Labute approximate surface area is 229 Å². The molecule has 202 valence electrons. The first kappa shape index (κ1) is 29.0. The van der Waals surface area contributed by atoms with E-state index in [2.05, 4.69) is 5.32 Å². The molecule has 0 aromatic heterocycles. The Kier molecular flexibility index (Phi) is 9.77. The Morgan fingerprint density at radius 1 is 1.03 bits per heavy atom. The fraction of sp³-hybridized carbons (Fsp3) is 0.286. The highest BCUT2D eigenvalue weighted by Crippen LogP contribution is 2.28. The molecular formula is C28H32ClN3O5S. The van der Waals surface area contributed by atoms with Crippen molar-refractivity contribution in [2.45, 2.75) is 37.8 Å². The monoisotopic (exact) mass is 557 g/mol. The summed E-state index contributed by atoms with van der Waals surface area (Å²) in [5, 5.41) is 2.94. The highest BCUT2D eigenvalue weighted by atomic mass is 35.5. The quantitative estimate of drug-likeness (QED) is 0.377. The van der Waals surface area contributed by atoms with Gasteiger partial charge in [-0.05, 0) is 66.9 Å².